The molecule has 2 heterocycles. The van der Waals surface area contributed by atoms with Gasteiger partial charge in [0.25, 0.3) is 0 Å². The molecule has 0 aliphatic heterocycles. The van der Waals surface area contributed by atoms with E-state index in [0.717, 1.165) is 21.4 Å². The summed E-state index contributed by atoms with van der Waals surface area (Å²) in [5, 5.41) is 11.7. The van der Waals surface area contributed by atoms with Crippen molar-refractivity contribution < 1.29 is 9.13 Å². The van der Waals surface area contributed by atoms with Crippen LogP contribution < -0.4 is 4.74 Å². The van der Waals surface area contributed by atoms with Gasteiger partial charge in [0.05, 0.1) is 18.5 Å². The second-order valence-corrected chi connectivity index (χ2v) is 8.00. The lowest BCUT2D eigenvalue weighted by Crippen LogP contribution is -2.03. The number of benzene rings is 2. The largest absolute Gasteiger partial charge is 0.494 e. The van der Waals surface area contributed by atoms with Crippen LogP contribution in [0.3, 0.4) is 0 Å². The molecule has 4 rings (SSSR count). The second-order valence-electron chi connectivity index (χ2n) is 6.11. The zero-order chi connectivity index (χ0) is 19.3. The summed E-state index contributed by atoms with van der Waals surface area (Å²) in [4.78, 5) is 1.07. The fourth-order valence-electron chi connectivity index (χ4n) is 2.84. The van der Waals surface area contributed by atoms with E-state index >= 15 is 0 Å². The lowest BCUT2D eigenvalue weighted by Gasteiger charge is -2.10. The third kappa shape index (κ3) is 4.10. The Kier molecular flexibility index (Phi) is 5.73. The lowest BCUT2D eigenvalue weighted by molar-refractivity contribution is 0.386. The van der Waals surface area contributed by atoms with Gasteiger partial charge >= 0.3 is 0 Å². The van der Waals surface area contributed by atoms with E-state index in [4.69, 9.17) is 4.74 Å². The van der Waals surface area contributed by atoms with Crippen LogP contribution in [0.1, 0.15) is 11.1 Å². The Morgan fingerprint density at radius 3 is 2.61 bits per heavy atom. The zero-order valence-electron chi connectivity index (χ0n) is 15.2. The van der Waals surface area contributed by atoms with Crippen molar-refractivity contribution in [2.75, 3.05) is 7.11 Å². The highest BCUT2D eigenvalue weighted by molar-refractivity contribution is 7.98. The average Bonchev–Trinajstić information content (AvgIpc) is 3.37. The minimum atomic E-state index is -0.356. The summed E-state index contributed by atoms with van der Waals surface area (Å²) >= 11 is 3.18. The molecule has 0 radical (unpaired) electrons. The number of thioether (sulfide) groups is 1. The number of aromatic nitrogens is 3. The van der Waals surface area contributed by atoms with Crippen molar-refractivity contribution in [2.24, 2.45) is 0 Å². The molecule has 2 aromatic heterocycles. The Hall–Kier alpha value is -2.64. The van der Waals surface area contributed by atoms with Crippen LogP contribution in [0.2, 0.25) is 0 Å². The summed E-state index contributed by atoms with van der Waals surface area (Å²) < 4.78 is 21.1. The molecule has 4 aromatic rings. The molecule has 0 spiro atoms. The molecule has 0 unspecified atom stereocenters. The molecule has 2 aromatic carbocycles. The normalized spacial score (nSPS) is 10.9. The molecule has 0 bridgehead atoms. The van der Waals surface area contributed by atoms with Crippen LogP contribution in [0.4, 0.5) is 4.39 Å². The number of thiophene rings is 1. The van der Waals surface area contributed by atoms with Crippen LogP contribution in [0.25, 0.3) is 10.7 Å². The summed E-state index contributed by atoms with van der Waals surface area (Å²) in [5.41, 5.74) is 2.05. The Labute approximate surface area is 171 Å². The van der Waals surface area contributed by atoms with Gasteiger partial charge in [-0.3, -0.25) is 4.57 Å². The molecule has 0 saturated carbocycles. The fourth-order valence-corrected chi connectivity index (χ4v) is 4.44. The van der Waals surface area contributed by atoms with E-state index in [1.54, 1.807) is 29.2 Å². The van der Waals surface area contributed by atoms with Gasteiger partial charge in [0.2, 0.25) is 0 Å². The van der Waals surface area contributed by atoms with Crippen molar-refractivity contribution >= 4 is 23.1 Å². The first kappa shape index (κ1) is 18.7. The molecule has 0 saturated heterocycles. The Morgan fingerprint density at radius 1 is 1.04 bits per heavy atom. The summed E-state index contributed by atoms with van der Waals surface area (Å²) in [7, 11) is 1.46. The molecule has 0 amide bonds. The van der Waals surface area contributed by atoms with Gasteiger partial charge in [0.15, 0.2) is 22.5 Å². The SMILES string of the molecule is COc1ccc(CSc2nnc(-c3cccs3)n2Cc2ccccc2)cc1F. The molecule has 0 fully saturated rings. The third-order valence-electron chi connectivity index (χ3n) is 4.23. The molecule has 0 aliphatic rings. The predicted molar refractivity (Wildman–Crippen MR) is 111 cm³/mol. The van der Waals surface area contributed by atoms with Crippen molar-refractivity contribution in [3.05, 3.63) is 83.0 Å². The van der Waals surface area contributed by atoms with E-state index < -0.39 is 0 Å². The maximum atomic E-state index is 14.0. The van der Waals surface area contributed by atoms with Gasteiger partial charge in [-0.1, -0.05) is 54.2 Å². The molecule has 142 valence electrons. The first-order chi connectivity index (χ1) is 13.7. The van der Waals surface area contributed by atoms with Crippen LogP contribution in [0.15, 0.2) is 71.2 Å². The zero-order valence-corrected chi connectivity index (χ0v) is 16.8. The van der Waals surface area contributed by atoms with Crippen LogP contribution >= 0.6 is 23.1 Å². The van der Waals surface area contributed by atoms with Crippen molar-refractivity contribution in [1.29, 1.82) is 0 Å². The molecule has 4 nitrogen and oxygen atoms in total. The number of hydrogen-bond donors (Lipinski definition) is 0. The fraction of sp³-hybridized carbons (Fsp3) is 0.143. The maximum absolute atomic E-state index is 14.0. The number of nitrogens with zero attached hydrogens (tertiary/aromatic N) is 3. The van der Waals surface area contributed by atoms with Gasteiger partial charge in [-0.2, -0.15) is 0 Å². The van der Waals surface area contributed by atoms with Gasteiger partial charge in [0.1, 0.15) is 0 Å². The maximum Gasteiger partial charge on any atom is 0.192 e. The van der Waals surface area contributed by atoms with Crippen LogP contribution in [-0.4, -0.2) is 21.9 Å². The Bertz CT molecular complexity index is 1050. The van der Waals surface area contributed by atoms with Crippen LogP contribution in [0, 0.1) is 5.82 Å². The smallest absolute Gasteiger partial charge is 0.192 e. The highest BCUT2D eigenvalue weighted by Crippen LogP contribution is 2.30. The van der Waals surface area contributed by atoms with E-state index in [2.05, 4.69) is 26.9 Å². The molecular weight excluding hydrogens is 393 g/mol. The Morgan fingerprint density at radius 2 is 1.89 bits per heavy atom. The number of methoxy groups -OCH3 is 1. The number of rotatable bonds is 7. The molecule has 0 N–H and O–H groups in total. The minimum Gasteiger partial charge on any atom is -0.494 e. The standard InChI is InChI=1S/C21H18FN3OS2/c1-26-18-10-9-16(12-17(18)22)14-28-21-24-23-20(19-8-5-11-27-19)25(21)13-15-6-3-2-4-7-15/h2-12H,13-14H2,1H3. The summed E-state index contributed by atoms with van der Waals surface area (Å²) in [6.45, 7) is 0.681. The van der Waals surface area contributed by atoms with Gasteiger partial charge in [-0.15, -0.1) is 21.5 Å². The second kappa shape index (κ2) is 8.58. The number of ether oxygens (including phenoxy) is 1. The average molecular weight is 412 g/mol. The summed E-state index contributed by atoms with van der Waals surface area (Å²) in [5.74, 6) is 1.34. The van der Waals surface area contributed by atoms with Crippen LogP contribution in [0.5, 0.6) is 5.75 Å². The van der Waals surface area contributed by atoms with E-state index in [0.29, 0.717) is 12.3 Å². The van der Waals surface area contributed by atoms with Crippen LogP contribution in [-0.2, 0) is 12.3 Å². The van der Waals surface area contributed by atoms with Gasteiger partial charge in [-0.25, -0.2) is 4.39 Å². The summed E-state index contributed by atoms with van der Waals surface area (Å²) in [6, 6.07) is 19.3. The Balaban J connectivity index is 1.60. The van der Waals surface area contributed by atoms with Crippen molar-refractivity contribution in [3.63, 3.8) is 0 Å². The monoisotopic (exact) mass is 411 g/mol. The van der Waals surface area contributed by atoms with Crippen molar-refractivity contribution in [2.45, 2.75) is 17.5 Å². The van der Waals surface area contributed by atoms with Gasteiger partial charge in [-0.05, 0) is 34.7 Å². The molecule has 7 heteroatoms. The first-order valence-electron chi connectivity index (χ1n) is 8.71. The molecule has 28 heavy (non-hydrogen) atoms. The first-order valence-corrected chi connectivity index (χ1v) is 10.6. The molecular formula is C21H18FN3OS2. The van der Waals surface area contributed by atoms with Crippen molar-refractivity contribution in [3.8, 4) is 16.5 Å². The van der Waals surface area contributed by atoms with E-state index in [1.807, 2.05) is 41.8 Å². The van der Waals surface area contributed by atoms with Crippen molar-refractivity contribution in [1.82, 2.24) is 14.8 Å². The number of halogens is 1. The summed E-state index contributed by atoms with van der Waals surface area (Å²) in [6.07, 6.45) is 0. The van der Waals surface area contributed by atoms with Gasteiger partial charge < -0.3 is 4.74 Å². The third-order valence-corrected chi connectivity index (χ3v) is 6.13. The molecule has 0 aliphatic carbocycles. The molecule has 0 atom stereocenters. The van der Waals surface area contributed by atoms with E-state index in [9.17, 15) is 4.39 Å². The highest BCUT2D eigenvalue weighted by Gasteiger charge is 2.16. The van der Waals surface area contributed by atoms with E-state index in [1.165, 1.54) is 18.7 Å². The van der Waals surface area contributed by atoms with E-state index in [-0.39, 0.29) is 11.6 Å². The lowest BCUT2D eigenvalue weighted by atomic mass is 10.2. The predicted octanol–water partition coefficient (Wildman–Crippen LogP) is 5.49. The van der Waals surface area contributed by atoms with Gasteiger partial charge in [0, 0.05) is 5.75 Å². The number of hydrogen-bond acceptors (Lipinski definition) is 5. The minimum absolute atomic E-state index is 0.251. The quantitative estimate of drug-likeness (QED) is 0.377. The topological polar surface area (TPSA) is 39.9 Å². The highest BCUT2D eigenvalue weighted by atomic mass is 32.2.